The number of rotatable bonds is 5. The van der Waals surface area contributed by atoms with Crippen molar-refractivity contribution in [3.05, 3.63) is 90.0 Å². The van der Waals surface area contributed by atoms with Crippen LogP contribution < -0.4 is 4.72 Å². The van der Waals surface area contributed by atoms with Crippen LogP contribution in [0.3, 0.4) is 0 Å². The Labute approximate surface area is 189 Å². The number of aromatic hydroxyl groups is 2. The van der Waals surface area contributed by atoms with Crippen molar-refractivity contribution in [2.24, 2.45) is 10.2 Å². The zero-order valence-electron chi connectivity index (χ0n) is 17.4. The second kappa shape index (κ2) is 8.71. The number of aryl methyl sites for hydroxylation is 1. The predicted octanol–water partition coefficient (Wildman–Crippen LogP) is 5.28. The molecule has 4 rings (SSSR count). The molecule has 4 aromatic carbocycles. The monoisotopic (exact) mass is 461 g/mol. The van der Waals surface area contributed by atoms with Crippen LogP contribution in [-0.4, -0.2) is 24.5 Å². The second-order valence-corrected chi connectivity index (χ2v) is 8.99. The molecule has 4 aromatic rings. The molecule has 9 heteroatoms. The highest BCUT2D eigenvalue weighted by molar-refractivity contribution is 7.92. The van der Waals surface area contributed by atoms with Gasteiger partial charge in [0.2, 0.25) is 0 Å². The van der Waals surface area contributed by atoms with Crippen molar-refractivity contribution >= 4 is 38.1 Å². The van der Waals surface area contributed by atoms with Crippen molar-refractivity contribution in [3.63, 3.8) is 0 Å². The number of fused-ring (bicyclic) bond motifs is 1. The van der Waals surface area contributed by atoms with E-state index < -0.39 is 15.9 Å². The van der Waals surface area contributed by atoms with Gasteiger partial charge in [-0.25, -0.2) is 8.42 Å². The fourth-order valence-electron chi connectivity index (χ4n) is 3.22. The van der Waals surface area contributed by atoms with E-state index in [1.807, 2.05) is 6.92 Å². The van der Waals surface area contributed by atoms with Crippen LogP contribution in [0.2, 0.25) is 0 Å². The topological polar surface area (TPSA) is 128 Å². The van der Waals surface area contributed by atoms with E-state index in [0.717, 1.165) is 5.56 Å². The fourth-order valence-corrected chi connectivity index (χ4v) is 4.29. The van der Waals surface area contributed by atoms with Gasteiger partial charge < -0.3 is 10.2 Å². The summed E-state index contributed by atoms with van der Waals surface area (Å²) in [4.78, 5) is 12.4. The SMILES string of the molecule is Cc1ccc(S(=O)(=O)Nc2cc(N=NC(=O)c3cccc(O)c3)c(O)c3ccccc23)cc1. The fraction of sp³-hybridized carbons (Fsp3) is 0.0417. The van der Waals surface area contributed by atoms with Gasteiger partial charge in [0.25, 0.3) is 15.9 Å². The molecule has 0 bridgehead atoms. The molecule has 0 heterocycles. The zero-order chi connectivity index (χ0) is 23.6. The van der Waals surface area contributed by atoms with Gasteiger partial charge in [-0.15, -0.1) is 10.2 Å². The largest absolute Gasteiger partial charge is 0.508 e. The van der Waals surface area contributed by atoms with E-state index in [0.29, 0.717) is 10.8 Å². The van der Waals surface area contributed by atoms with Crippen molar-refractivity contribution in [2.45, 2.75) is 11.8 Å². The van der Waals surface area contributed by atoms with Crippen molar-refractivity contribution in [3.8, 4) is 11.5 Å². The molecular formula is C24H19N3O5S. The molecule has 1 amide bonds. The first kappa shape index (κ1) is 22.0. The van der Waals surface area contributed by atoms with Crippen LogP contribution in [0.5, 0.6) is 11.5 Å². The first-order valence-corrected chi connectivity index (χ1v) is 11.3. The number of azo groups is 1. The Morgan fingerprint density at radius 1 is 0.879 bits per heavy atom. The van der Waals surface area contributed by atoms with Gasteiger partial charge in [-0.05, 0) is 43.3 Å². The molecule has 0 aliphatic carbocycles. The number of phenolic OH excluding ortho intramolecular Hbond substituents is 2. The van der Waals surface area contributed by atoms with E-state index in [2.05, 4.69) is 15.0 Å². The molecule has 0 aromatic heterocycles. The van der Waals surface area contributed by atoms with Crippen LogP contribution in [-0.2, 0) is 10.0 Å². The van der Waals surface area contributed by atoms with E-state index in [1.54, 1.807) is 36.4 Å². The van der Waals surface area contributed by atoms with Crippen molar-refractivity contribution in [2.75, 3.05) is 4.72 Å². The minimum atomic E-state index is -3.93. The number of amides is 1. The molecular weight excluding hydrogens is 442 g/mol. The van der Waals surface area contributed by atoms with E-state index in [9.17, 15) is 23.4 Å². The number of carbonyl (C=O) groups excluding carboxylic acids is 1. The Morgan fingerprint density at radius 2 is 1.58 bits per heavy atom. The summed E-state index contributed by atoms with van der Waals surface area (Å²) in [5, 5.41) is 28.4. The Balaban J connectivity index is 1.75. The summed E-state index contributed by atoms with van der Waals surface area (Å²) in [6.45, 7) is 1.85. The maximum absolute atomic E-state index is 12.9. The highest BCUT2D eigenvalue weighted by Crippen LogP contribution is 2.40. The number of nitrogens with one attached hydrogen (secondary N) is 1. The number of hydrogen-bond donors (Lipinski definition) is 3. The second-order valence-electron chi connectivity index (χ2n) is 7.31. The van der Waals surface area contributed by atoms with E-state index in [4.69, 9.17) is 0 Å². The molecule has 0 aliphatic rings. The number of hydrogen-bond acceptors (Lipinski definition) is 6. The first-order valence-electron chi connectivity index (χ1n) is 9.84. The summed E-state index contributed by atoms with van der Waals surface area (Å²) < 4.78 is 28.4. The van der Waals surface area contributed by atoms with E-state index in [-0.39, 0.29) is 33.3 Å². The smallest absolute Gasteiger partial charge is 0.295 e. The van der Waals surface area contributed by atoms with E-state index in [1.165, 1.54) is 42.5 Å². The zero-order valence-corrected chi connectivity index (χ0v) is 18.2. The molecule has 0 spiro atoms. The average molecular weight is 461 g/mol. The molecule has 3 N–H and O–H groups in total. The molecule has 0 unspecified atom stereocenters. The van der Waals surface area contributed by atoms with Crippen LogP contribution in [0, 0.1) is 6.92 Å². The van der Waals surface area contributed by atoms with Gasteiger partial charge in [0.15, 0.2) is 5.75 Å². The first-order chi connectivity index (χ1) is 15.7. The van der Waals surface area contributed by atoms with Crippen molar-refractivity contribution in [1.82, 2.24) is 0 Å². The Hall–Kier alpha value is -4.24. The molecule has 166 valence electrons. The summed E-state index contributed by atoms with van der Waals surface area (Å²) in [7, 11) is -3.93. The summed E-state index contributed by atoms with van der Waals surface area (Å²) in [6.07, 6.45) is 0. The number of nitrogens with zero attached hydrogens (tertiary/aromatic N) is 2. The van der Waals surface area contributed by atoms with Gasteiger partial charge in [0, 0.05) is 16.3 Å². The van der Waals surface area contributed by atoms with Crippen molar-refractivity contribution in [1.29, 1.82) is 0 Å². The van der Waals surface area contributed by atoms with Gasteiger partial charge in [0.05, 0.1) is 10.6 Å². The normalized spacial score (nSPS) is 11.7. The molecule has 0 aliphatic heterocycles. The summed E-state index contributed by atoms with van der Waals surface area (Å²) in [5.41, 5.74) is 1.11. The maximum atomic E-state index is 12.9. The number of phenols is 2. The highest BCUT2D eigenvalue weighted by Gasteiger charge is 2.18. The van der Waals surface area contributed by atoms with E-state index >= 15 is 0 Å². The van der Waals surface area contributed by atoms with Crippen molar-refractivity contribution < 1.29 is 23.4 Å². The molecule has 8 nitrogen and oxygen atoms in total. The molecule has 0 saturated carbocycles. The van der Waals surface area contributed by atoms with Crippen LogP contribution in [0.15, 0.2) is 94.0 Å². The third-order valence-electron chi connectivity index (χ3n) is 4.91. The minimum absolute atomic E-state index is 0.0764. The lowest BCUT2D eigenvalue weighted by Crippen LogP contribution is -2.13. The van der Waals surface area contributed by atoms with Gasteiger partial charge in [-0.1, -0.05) is 48.0 Å². The third kappa shape index (κ3) is 4.68. The van der Waals surface area contributed by atoms with Crippen LogP contribution in [0.4, 0.5) is 11.4 Å². The summed E-state index contributed by atoms with van der Waals surface area (Å²) in [5.74, 6) is -1.09. The lowest BCUT2D eigenvalue weighted by molar-refractivity contribution is 0.0994. The van der Waals surface area contributed by atoms with Crippen LogP contribution in [0.25, 0.3) is 10.8 Å². The maximum Gasteiger partial charge on any atom is 0.295 e. The number of carbonyl (C=O) groups is 1. The predicted molar refractivity (Wildman–Crippen MR) is 125 cm³/mol. The lowest BCUT2D eigenvalue weighted by Gasteiger charge is -2.13. The summed E-state index contributed by atoms with van der Waals surface area (Å²) in [6, 6.07) is 19.9. The molecule has 0 saturated heterocycles. The number of anilines is 1. The molecule has 0 radical (unpaired) electrons. The lowest BCUT2D eigenvalue weighted by atomic mass is 10.1. The van der Waals surface area contributed by atoms with Gasteiger partial charge in [-0.3, -0.25) is 9.52 Å². The Kier molecular flexibility index (Phi) is 5.80. The molecule has 0 fully saturated rings. The van der Waals surface area contributed by atoms with Gasteiger partial charge in [-0.2, -0.15) is 0 Å². The number of sulfonamides is 1. The van der Waals surface area contributed by atoms with Gasteiger partial charge >= 0.3 is 0 Å². The highest BCUT2D eigenvalue weighted by atomic mass is 32.2. The standard InChI is InChI=1S/C24H19N3O5S/c1-15-9-11-18(12-10-15)33(31,32)27-21-14-22(23(29)20-8-3-2-7-19(20)21)25-26-24(30)16-5-4-6-17(28)13-16/h2-14,27-29H,1H3. The Bertz CT molecular complexity index is 1500. The quantitative estimate of drug-likeness (QED) is 0.275. The van der Waals surface area contributed by atoms with Gasteiger partial charge in [0.1, 0.15) is 11.4 Å². The summed E-state index contributed by atoms with van der Waals surface area (Å²) >= 11 is 0. The number of benzene rings is 4. The molecule has 0 atom stereocenters. The van der Waals surface area contributed by atoms with Crippen LogP contribution in [0.1, 0.15) is 15.9 Å². The minimum Gasteiger partial charge on any atom is -0.508 e. The average Bonchev–Trinajstić information content (AvgIpc) is 2.80. The molecule has 33 heavy (non-hydrogen) atoms. The third-order valence-corrected chi connectivity index (χ3v) is 6.29. The Morgan fingerprint density at radius 3 is 2.27 bits per heavy atom. The van der Waals surface area contributed by atoms with Crippen LogP contribution >= 0.6 is 0 Å².